The first-order chi connectivity index (χ1) is 18.5. The fourth-order valence-corrected chi connectivity index (χ4v) is 4.72. The number of aromatic nitrogens is 5. The zero-order valence-electron chi connectivity index (χ0n) is 21.0. The van der Waals surface area contributed by atoms with Crippen LogP contribution in [0, 0.1) is 6.92 Å². The third kappa shape index (κ3) is 4.43. The van der Waals surface area contributed by atoms with Crippen molar-refractivity contribution in [2.45, 2.75) is 38.2 Å². The summed E-state index contributed by atoms with van der Waals surface area (Å²) in [6, 6.07) is 26.0. The van der Waals surface area contributed by atoms with E-state index in [4.69, 9.17) is 9.26 Å². The predicted molar refractivity (Wildman–Crippen MR) is 141 cm³/mol. The summed E-state index contributed by atoms with van der Waals surface area (Å²) in [6.07, 6.45) is 1.07. The van der Waals surface area contributed by atoms with E-state index in [1.54, 1.807) is 6.92 Å². The third-order valence-electron chi connectivity index (χ3n) is 7.08. The van der Waals surface area contributed by atoms with Crippen LogP contribution in [0.4, 0.5) is 10.5 Å². The molecule has 9 heteroatoms. The van der Waals surface area contributed by atoms with Gasteiger partial charge in [0.15, 0.2) is 11.6 Å². The first-order valence-corrected chi connectivity index (χ1v) is 12.5. The summed E-state index contributed by atoms with van der Waals surface area (Å²) in [7, 11) is 0. The Bertz CT molecular complexity index is 1540. The second-order valence-electron chi connectivity index (χ2n) is 9.53. The number of benzene rings is 3. The normalized spacial score (nSPS) is 14.6. The largest absolute Gasteiger partial charge is 0.441 e. The lowest BCUT2D eigenvalue weighted by molar-refractivity contribution is 0.121. The van der Waals surface area contributed by atoms with Crippen LogP contribution in [0.15, 0.2) is 83.4 Å². The van der Waals surface area contributed by atoms with Gasteiger partial charge in [0.05, 0.1) is 5.41 Å². The molecule has 2 heterocycles. The van der Waals surface area contributed by atoms with Gasteiger partial charge in [-0.05, 0) is 48.9 Å². The maximum absolute atomic E-state index is 12.6. The van der Waals surface area contributed by atoms with Crippen LogP contribution in [0.25, 0.3) is 22.5 Å². The molecule has 1 aliphatic carbocycles. The summed E-state index contributed by atoms with van der Waals surface area (Å²) in [4.78, 5) is 12.6. The van der Waals surface area contributed by atoms with Gasteiger partial charge in [-0.3, -0.25) is 5.32 Å². The molecule has 190 valence electrons. The fraction of sp³-hybridized carbons (Fsp3) is 0.207. The number of ether oxygens (including phenoxy) is 1. The minimum atomic E-state index is -0.570. The molecule has 0 unspecified atom stereocenters. The van der Waals surface area contributed by atoms with Gasteiger partial charge in [-0.2, -0.15) is 5.21 Å². The molecule has 2 N–H and O–H groups in total. The highest BCUT2D eigenvalue weighted by Crippen LogP contribution is 2.52. The standard InChI is InChI=1S/C29H26N6O3/c1-18-25(30-28(36)37-19(2)20-6-4-3-5-7-20)26(38-33-18)23-10-8-21(9-11-23)22-12-14-24(15-13-22)29(16-17-29)27-31-34-35-32-27/h3-15,19H,16-17H2,1-2H3,(H,30,36)(H,31,32,34,35)/t19-/m1/s1. The van der Waals surface area contributed by atoms with Gasteiger partial charge in [-0.15, -0.1) is 10.2 Å². The van der Waals surface area contributed by atoms with Gasteiger partial charge in [0.2, 0.25) is 0 Å². The Morgan fingerprint density at radius 3 is 2.26 bits per heavy atom. The number of rotatable bonds is 7. The zero-order valence-corrected chi connectivity index (χ0v) is 21.0. The van der Waals surface area contributed by atoms with Gasteiger partial charge in [-0.25, -0.2) is 4.79 Å². The minimum absolute atomic E-state index is 0.122. The summed E-state index contributed by atoms with van der Waals surface area (Å²) < 4.78 is 11.1. The molecule has 1 saturated carbocycles. The Hall–Kier alpha value is -4.79. The molecule has 3 aromatic carbocycles. The van der Waals surface area contributed by atoms with Crippen molar-refractivity contribution < 1.29 is 14.1 Å². The van der Waals surface area contributed by atoms with Crippen molar-refractivity contribution in [3.63, 3.8) is 0 Å². The van der Waals surface area contributed by atoms with Crippen LogP contribution in [-0.4, -0.2) is 31.9 Å². The number of carbonyl (C=O) groups is 1. The molecule has 2 aromatic heterocycles. The van der Waals surface area contributed by atoms with Gasteiger partial charge in [-0.1, -0.05) is 89.2 Å². The summed E-state index contributed by atoms with van der Waals surface area (Å²) in [5, 5.41) is 21.6. The highest BCUT2D eigenvalue weighted by Gasteiger charge is 2.49. The lowest BCUT2D eigenvalue weighted by Gasteiger charge is -2.14. The molecule has 5 aromatic rings. The number of aryl methyl sites for hydroxylation is 1. The zero-order chi connectivity index (χ0) is 26.1. The number of amides is 1. The van der Waals surface area contributed by atoms with Crippen molar-refractivity contribution in [1.29, 1.82) is 0 Å². The van der Waals surface area contributed by atoms with Gasteiger partial charge < -0.3 is 9.26 Å². The van der Waals surface area contributed by atoms with Crippen molar-refractivity contribution in [2.24, 2.45) is 0 Å². The number of nitrogens with zero attached hydrogens (tertiary/aromatic N) is 4. The van der Waals surface area contributed by atoms with Gasteiger partial charge in [0, 0.05) is 5.56 Å². The molecule has 9 nitrogen and oxygen atoms in total. The van der Waals surface area contributed by atoms with E-state index in [1.165, 1.54) is 5.56 Å². The number of nitrogens with one attached hydrogen (secondary N) is 2. The van der Waals surface area contributed by atoms with Crippen molar-refractivity contribution in [3.05, 3.63) is 102 Å². The smallest absolute Gasteiger partial charge is 0.412 e. The third-order valence-corrected chi connectivity index (χ3v) is 7.08. The number of tetrazole rings is 1. The average Bonchev–Trinajstić information content (AvgIpc) is 3.40. The number of carbonyl (C=O) groups excluding carboxylic acids is 1. The van der Waals surface area contributed by atoms with E-state index in [-0.39, 0.29) is 5.41 Å². The molecule has 0 aliphatic heterocycles. The van der Waals surface area contributed by atoms with Crippen LogP contribution in [0.5, 0.6) is 0 Å². The van der Waals surface area contributed by atoms with E-state index in [1.807, 2.05) is 61.5 Å². The maximum Gasteiger partial charge on any atom is 0.412 e. The second kappa shape index (κ2) is 9.59. The summed E-state index contributed by atoms with van der Waals surface area (Å²) in [5.41, 5.74) is 6.00. The number of anilines is 1. The number of hydrogen-bond donors (Lipinski definition) is 2. The Balaban J connectivity index is 1.17. The lowest BCUT2D eigenvalue weighted by Crippen LogP contribution is -2.16. The monoisotopic (exact) mass is 506 g/mol. The fourth-order valence-electron chi connectivity index (χ4n) is 4.72. The van der Waals surface area contributed by atoms with Crippen LogP contribution in [0.1, 0.15) is 48.5 Å². The molecule has 0 bridgehead atoms. The molecule has 1 amide bonds. The quantitative estimate of drug-likeness (QED) is 0.269. The van der Waals surface area contributed by atoms with Crippen molar-refractivity contribution in [1.82, 2.24) is 25.8 Å². The van der Waals surface area contributed by atoms with E-state index in [2.05, 4.69) is 55.4 Å². The first-order valence-electron chi connectivity index (χ1n) is 12.5. The van der Waals surface area contributed by atoms with E-state index >= 15 is 0 Å². The molecular formula is C29H26N6O3. The molecule has 38 heavy (non-hydrogen) atoms. The lowest BCUT2D eigenvalue weighted by atomic mass is 9.93. The van der Waals surface area contributed by atoms with Gasteiger partial charge >= 0.3 is 6.09 Å². The molecule has 0 saturated heterocycles. The van der Waals surface area contributed by atoms with E-state index < -0.39 is 12.2 Å². The highest BCUT2D eigenvalue weighted by molar-refractivity contribution is 5.91. The molecule has 0 radical (unpaired) electrons. The molecule has 1 atom stereocenters. The molecular weight excluding hydrogens is 480 g/mol. The van der Waals surface area contributed by atoms with Crippen LogP contribution < -0.4 is 5.32 Å². The summed E-state index contributed by atoms with van der Waals surface area (Å²) in [6.45, 7) is 3.61. The Kier molecular flexibility index (Phi) is 5.95. The molecule has 1 fully saturated rings. The highest BCUT2D eigenvalue weighted by atomic mass is 16.6. The van der Waals surface area contributed by atoms with Crippen molar-refractivity contribution in [3.8, 4) is 22.5 Å². The Morgan fingerprint density at radius 1 is 0.974 bits per heavy atom. The predicted octanol–water partition coefficient (Wildman–Crippen LogP) is 6.22. The SMILES string of the molecule is Cc1noc(-c2ccc(-c3ccc(C4(c5nn[nH]n5)CC4)cc3)cc2)c1NC(=O)O[C@H](C)c1ccccc1. The molecule has 6 rings (SSSR count). The minimum Gasteiger partial charge on any atom is -0.441 e. The van der Waals surface area contributed by atoms with Crippen LogP contribution in [-0.2, 0) is 10.2 Å². The molecule has 0 spiro atoms. The summed E-state index contributed by atoms with van der Waals surface area (Å²) >= 11 is 0. The molecule has 1 aliphatic rings. The van der Waals surface area contributed by atoms with Crippen LogP contribution >= 0.6 is 0 Å². The number of aromatic amines is 1. The van der Waals surface area contributed by atoms with Crippen LogP contribution in [0.2, 0.25) is 0 Å². The topological polar surface area (TPSA) is 119 Å². The number of H-pyrrole nitrogens is 1. The van der Waals surface area contributed by atoms with E-state index in [0.29, 0.717) is 17.1 Å². The van der Waals surface area contributed by atoms with Crippen molar-refractivity contribution in [2.75, 3.05) is 5.32 Å². The Labute approximate surface area is 219 Å². The first kappa shape index (κ1) is 23.6. The van der Waals surface area contributed by atoms with E-state index in [0.717, 1.165) is 40.9 Å². The van der Waals surface area contributed by atoms with E-state index in [9.17, 15) is 4.79 Å². The van der Waals surface area contributed by atoms with Crippen LogP contribution in [0.3, 0.4) is 0 Å². The second-order valence-corrected chi connectivity index (χ2v) is 9.53. The van der Waals surface area contributed by atoms with Crippen molar-refractivity contribution >= 4 is 11.8 Å². The van der Waals surface area contributed by atoms with Gasteiger partial charge in [0.25, 0.3) is 0 Å². The Morgan fingerprint density at radius 2 is 1.63 bits per heavy atom. The summed E-state index contributed by atoms with van der Waals surface area (Å²) in [5.74, 6) is 1.23. The van der Waals surface area contributed by atoms with Gasteiger partial charge in [0.1, 0.15) is 17.5 Å². The maximum atomic E-state index is 12.6. The average molecular weight is 507 g/mol. The number of hydrogen-bond acceptors (Lipinski definition) is 7.